The summed E-state index contributed by atoms with van der Waals surface area (Å²) in [6.45, 7) is 8.96. The van der Waals surface area contributed by atoms with Crippen molar-refractivity contribution in [3.63, 3.8) is 0 Å². The third kappa shape index (κ3) is 2.33. The monoisotopic (exact) mass is 249 g/mol. The molecule has 1 N–H and O–H groups in total. The maximum atomic E-state index is 4.81. The van der Waals surface area contributed by atoms with Gasteiger partial charge in [0.2, 0.25) is 0 Å². The Morgan fingerprint density at radius 3 is 2.61 bits per heavy atom. The molecule has 0 spiro atoms. The molecule has 1 saturated carbocycles. The Morgan fingerprint density at radius 2 is 2.06 bits per heavy atom. The molecule has 3 unspecified atom stereocenters. The molecule has 1 aromatic heterocycles. The molecule has 0 aromatic carbocycles. The van der Waals surface area contributed by atoms with E-state index in [4.69, 9.17) is 5.10 Å². The van der Waals surface area contributed by atoms with E-state index in [1.54, 1.807) is 0 Å². The van der Waals surface area contributed by atoms with E-state index >= 15 is 0 Å². The lowest BCUT2D eigenvalue weighted by molar-refractivity contribution is 0.207. The van der Waals surface area contributed by atoms with E-state index in [2.05, 4.69) is 44.7 Å². The molecule has 102 valence electrons. The molecule has 18 heavy (non-hydrogen) atoms. The van der Waals surface area contributed by atoms with Gasteiger partial charge in [-0.3, -0.25) is 4.68 Å². The lowest BCUT2D eigenvalue weighted by Crippen LogP contribution is -2.40. The summed E-state index contributed by atoms with van der Waals surface area (Å²) in [6.07, 6.45) is 4.94. The molecule has 3 atom stereocenters. The molecule has 1 aliphatic rings. The van der Waals surface area contributed by atoms with Crippen LogP contribution in [-0.4, -0.2) is 22.9 Å². The van der Waals surface area contributed by atoms with Gasteiger partial charge in [0, 0.05) is 11.7 Å². The summed E-state index contributed by atoms with van der Waals surface area (Å²) in [5.74, 6) is 0.814. The number of hydrogen-bond donors (Lipinski definition) is 1. The van der Waals surface area contributed by atoms with Crippen molar-refractivity contribution < 1.29 is 0 Å². The van der Waals surface area contributed by atoms with Gasteiger partial charge >= 0.3 is 0 Å². The molecule has 0 aliphatic heterocycles. The molecule has 2 rings (SSSR count). The summed E-state index contributed by atoms with van der Waals surface area (Å²) < 4.78 is 2.30. The average molecular weight is 249 g/mol. The van der Waals surface area contributed by atoms with Gasteiger partial charge in [-0.15, -0.1) is 0 Å². The Morgan fingerprint density at radius 1 is 1.33 bits per heavy atom. The topological polar surface area (TPSA) is 29.9 Å². The molecule has 0 saturated heterocycles. The Bertz CT molecular complexity index is 408. The summed E-state index contributed by atoms with van der Waals surface area (Å²) >= 11 is 0. The molecule has 1 aromatic rings. The van der Waals surface area contributed by atoms with Gasteiger partial charge in [-0.25, -0.2) is 0 Å². The fourth-order valence-electron chi connectivity index (χ4n) is 3.49. The van der Waals surface area contributed by atoms with Crippen LogP contribution in [0.25, 0.3) is 0 Å². The van der Waals surface area contributed by atoms with Crippen molar-refractivity contribution in [1.29, 1.82) is 0 Å². The number of rotatable bonds is 3. The van der Waals surface area contributed by atoms with Gasteiger partial charge in [0.15, 0.2) is 0 Å². The van der Waals surface area contributed by atoms with Crippen LogP contribution in [0.15, 0.2) is 0 Å². The molecule has 0 amide bonds. The quantitative estimate of drug-likeness (QED) is 0.892. The molecular weight excluding hydrogens is 222 g/mol. The van der Waals surface area contributed by atoms with Crippen LogP contribution in [0.2, 0.25) is 0 Å². The Labute approximate surface area is 111 Å². The summed E-state index contributed by atoms with van der Waals surface area (Å²) in [7, 11) is 2.08. The van der Waals surface area contributed by atoms with Crippen LogP contribution in [0.5, 0.6) is 0 Å². The summed E-state index contributed by atoms with van der Waals surface area (Å²) in [6, 6.07) is 1.10. The van der Waals surface area contributed by atoms with E-state index in [-0.39, 0.29) is 0 Å². The van der Waals surface area contributed by atoms with E-state index in [0.29, 0.717) is 12.1 Å². The van der Waals surface area contributed by atoms with Gasteiger partial charge in [0.05, 0.1) is 11.7 Å². The molecule has 1 fully saturated rings. The highest BCUT2D eigenvalue weighted by atomic mass is 15.3. The van der Waals surface area contributed by atoms with Crippen molar-refractivity contribution in [3.05, 3.63) is 17.0 Å². The van der Waals surface area contributed by atoms with Gasteiger partial charge in [0.25, 0.3) is 0 Å². The van der Waals surface area contributed by atoms with Crippen molar-refractivity contribution >= 4 is 0 Å². The summed E-state index contributed by atoms with van der Waals surface area (Å²) in [4.78, 5) is 0. The van der Waals surface area contributed by atoms with Gasteiger partial charge in [-0.2, -0.15) is 5.10 Å². The minimum atomic E-state index is 0.526. The smallest absolute Gasteiger partial charge is 0.0677 e. The van der Waals surface area contributed by atoms with Crippen molar-refractivity contribution in [2.45, 2.75) is 65.5 Å². The average Bonchev–Trinajstić information content (AvgIpc) is 2.64. The fourth-order valence-corrected chi connectivity index (χ4v) is 3.49. The van der Waals surface area contributed by atoms with E-state index in [0.717, 1.165) is 12.3 Å². The summed E-state index contributed by atoms with van der Waals surface area (Å²) in [5, 5.41) is 8.30. The van der Waals surface area contributed by atoms with Gasteiger partial charge in [-0.1, -0.05) is 13.8 Å². The predicted octanol–water partition coefficient (Wildman–Crippen LogP) is 3.01. The van der Waals surface area contributed by atoms with Crippen LogP contribution in [0.4, 0.5) is 0 Å². The maximum Gasteiger partial charge on any atom is 0.0677 e. The van der Waals surface area contributed by atoms with Crippen molar-refractivity contribution in [2.75, 3.05) is 7.05 Å². The van der Waals surface area contributed by atoms with E-state index in [1.807, 2.05) is 0 Å². The number of hydrogen-bond acceptors (Lipinski definition) is 2. The molecule has 3 nitrogen and oxygen atoms in total. The minimum Gasteiger partial charge on any atom is -0.315 e. The first-order chi connectivity index (χ1) is 8.58. The fraction of sp³-hybridized carbons (Fsp3) is 0.800. The van der Waals surface area contributed by atoms with Crippen LogP contribution in [0, 0.1) is 19.8 Å². The highest BCUT2D eigenvalue weighted by Crippen LogP contribution is 2.34. The predicted molar refractivity (Wildman–Crippen MR) is 76.0 cm³/mol. The largest absolute Gasteiger partial charge is 0.315 e. The molecule has 1 heterocycles. The first-order valence-electron chi connectivity index (χ1n) is 7.30. The minimum absolute atomic E-state index is 0.526. The second-order valence-corrected chi connectivity index (χ2v) is 5.83. The molecule has 0 radical (unpaired) electrons. The zero-order valence-electron chi connectivity index (χ0n) is 12.5. The van der Waals surface area contributed by atoms with Gasteiger partial charge in [0.1, 0.15) is 0 Å². The van der Waals surface area contributed by atoms with Gasteiger partial charge in [-0.05, 0) is 58.1 Å². The maximum absolute atomic E-state index is 4.81. The molecule has 3 heteroatoms. The van der Waals surface area contributed by atoms with Gasteiger partial charge < -0.3 is 5.32 Å². The van der Waals surface area contributed by atoms with E-state index < -0.39 is 0 Å². The number of aryl methyl sites for hydroxylation is 1. The highest BCUT2D eigenvalue weighted by Gasteiger charge is 2.31. The second kappa shape index (κ2) is 5.43. The summed E-state index contributed by atoms with van der Waals surface area (Å²) in [5.41, 5.74) is 4.01. The van der Waals surface area contributed by atoms with Crippen LogP contribution in [0.1, 0.15) is 56.1 Å². The van der Waals surface area contributed by atoms with Crippen LogP contribution in [0.3, 0.4) is 0 Å². The normalized spacial score (nSPS) is 28.6. The SMILES string of the molecule is CCc1c(C)nn(C2CC(C)CCC2NC)c1C. The Hall–Kier alpha value is -0.830. The zero-order valence-corrected chi connectivity index (χ0v) is 12.5. The van der Waals surface area contributed by atoms with Crippen molar-refractivity contribution in [2.24, 2.45) is 5.92 Å². The standard InChI is InChI=1S/C15H27N3/c1-6-13-11(3)17-18(12(13)4)15-9-10(2)7-8-14(15)16-5/h10,14-16H,6-9H2,1-5H3. The van der Waals surface area contributed by atoms with Crippen LogP contribution < -0.4 is 5.32 Å². The Balaban J connectivity index is 2.33. The van der Waals surface area contributed by atoms with E-state index in [1.165, 1.54) is 36.2 Å². The van der Waals surface area contributed by atoms with Crippen molar-refractivity contribution in [1.82, 2.24) is 15.1 Å². The van der Waals surface area contributed by atoms with E-state index in [9.17, 15) is 0 Å². The Kier molecular flexibility index (Phi) is 4.10. The first kappa shape index (κ1) is 13.6. The lowest BCUT2D eigenvalue weighted by atomic mass is 9.83. The number of nitrogens with one attached hydrogen (secondary N) is 1. The lowest BCUT2D eigenvalue weighted by Gasteiger charge is -2.35. The van der Waals surface area contributed by atoms with Crippen LogP contribution >= 0.6 is 0 Å². The highest BCUT2D eigenvalue weighted by molar-refractivity contribution is 5.25. The molecular formula is C15H27N3. The molecule has 0 bridgehead atoms. The van der Waals surface area contributed by atoms with Crippen LogP contribution in [-0.2, 0) is 6.42 Å². The van der Waals surface area contributed by atoms with Crippen molar-refractivity contribution in [3.8, 4) is 0 Å². The number of aromatic nitrogens is 2. The second-order valence-electron chi connectivity index (χ2n) is 5.83. The molecule has 1 aliphatic carbocycles. The first-order valence-corrected chi connectivity index (χ1v) is 7.30. The number of likely N-dealkylation sites (N-methyl/N-ethyl adjacent to an activating group) is 1. The third-order valence-corrected chi connectivity index (χ3v) is 4.59. The third-order valence-electron chi connectivity index (χ3n) is 4.59. The number of nitrogens with zero attached hydrogens (tertiary/aromatic N) is 2. The zero-order chi connectivity index (χ0) is 13.3.